The van der Waals surface area contributed by atoms with Gasteiger partial charge in [-0.3, -0.25) is 0 Å². The molecule has 0 atom stereocenters. The molecule has 0 aliphatic rings. The molecule has 0 N–H and O–H groups in total. The fourth-order valence-electron chi connectivity index (χ4n) is 3.81. The molecule has 0 aromatic heterocycles. The molecule has 0 aliphatic heterocycles. The topological polar surface area (TPSA) is 9.23 Å². The summed E-state index contributed by atoms with van der Waals surface area (Å²) in [5.74, 6) is 0. The maximum Gasteiger partial charge on any atom is 0.0700 e. The van der Waals surface area contributed by atoms with E-state index in [0.717, 1.165) is 6.61 Å². The first-order valence-electron chi connectivity index (χ1n) is 12.3. The van der Waals surface area contributed by atoms with E-state index in [0.29, 0.717) is 0 Å². The first kappa shape index (κ1) is 26.0. The highest BCUT2D eigenvalue weighted by atomic mass is 16.5. The minimum absolute atomic E-state index is 0.832. The summed E-state index contributed by atoms with van der Waals surface area (Å²) in [6.45, 7) is 3.13. The Morgan fingerprint density at radius 3 is 0.846 bits per heavy atom. The van der Waals surface area contributed by atoms with Gasteiger partial charge in [-0.2, -0.15) is 0 Å². The van der Waals surface area contributed by atoms with Crippen LogP contribution >= 0.6 is 0 Å². The molecule has 1 nitrogen and oxygen atoms in total. The monoisotopic (exact) mass is 367 g/mol. The summed E-state index contributed by atoms with van der Waals surface area (Å²) in [4.78, 5) is 0. The van der Waals surface area contributed by atoms with Crippen LogP contribution < -0.4 is 0 Å². The minimum Gasteiger partial charge on any atom is -0.379 e. The SMILES string of the molecule is [CH2]OCCCCCCCCCCCCCCCCCCCCCCCC. The van der Waals surface area contributed by atoms with E-state index in [2.05, 4.69) is 14.0 Å². The molecule has 26 heavy (non-hydrogen) atoms. The Balaban J connectivity index is 2.95. The molecule has 1 radical (unpaired) electrons. The molecule has 0 amide bonds. The Labute approximate surface area is 167 Å². The van der Waals surface area contributed by atoms with E-state index in [1.54, 1.807) is 0 Å². The van der Waals surface area contributed by atoms with E-state index in [-0.39, 0.29) is 0 Å². The van der Waals surface area contributed by atoms with Crippen LogP contribution in [-0.2, 0) is 4.74 Å². The quantitative estimate of drug-likeness (QED) is 0.163. The van der Waals surface area contributed by atoms with Gasteiger partial charge in [0.05, 0.1) is 7.11 Å². The van der Waals surface area contributed by atoms with Crippen molar-refractivity contribution in [3.8, 4) is 0 Å². The maximum absolute atomic E-state index is 4.84. The van der Waals surface area contributed by atoms with E-state index in [9.17, 15) is 0 Å². The molecule has 0 unspecified atom stereocenters. The molecule has 0 aromatic carbocycles. The van der Waals surface area contributed by atoms with Crippen LogP contribution in [0.15, 0.2) is 0 Å². The van der Waals surface area contributed by atoms with E-state index in [1.807, 2.05) is 0 Å². The molecule has 0 saturated carbocycles. The summed E-state index contributed by atoms with van der Waals surface area (Å²) in [7, 11) is 3.41. The molecule has 157 valence electrons. The van der Waals surface area contributed by atoms with Gasteiger partial charge >= 0.3 is 0 Å². The second-order valence-corrected chi connectivity index (χ2v) is 8.33. The first-order valence-corrected chi connectivity index (χ1v) is 12.3. The highest BCUT2D eigenvalue weighted by Crippen LogP contribution is 2.15. The summed E-state index contributed by atoms with van der Waals surface area (Å²) in [5, 5.41) is 0. The predicted molar refractivity (Wildman–Crippen MR) is 119 cm³/mol. The molecule has 0 fully saturated rings. The van der Waals surface area contributed by atoms with E-state index < -0.39 is 0 Å². The number of unbranched alkanes of at least 4 members (excludes halogenated alkanes) is 21. The molecular formula is C25H51O. The molecule has 0 spiro atoms. The third-order valence-corrected chi connectivity index (χ3v) is 5.64. The lowest BCUT2D eigenvalue weighted by Gasteiger charge is -2.04. The zero-order chi connectivity index (χ0) is 19.0. The highest BCUT2D eigenvalue weighted by Gasteiger charge is 1.95. The van der Waals surface area contributed by atoms with E-state index in [1.165, 1.54) is 141 Å². The van der Waals surface area contributed by atoms with Gasteiger partial charge in [0.15, 0.2) is 0 Å². The zero-order valence-corrected chi connectivity index (χ0v) is 18.4. The van der Waals surface area contributed by atoms with Crippen molar-refractivity contribution < 1.29 is 4.74 Å². The molecule has 0 bridgehead atoms. The summed E-state index contributed by atoms with van der Waals surface area (Å²) < 4.78 is 4.84. The molecule has 0 heterocycles. The van der Waals surface area contributed by atoms with Gasteiger partial charge in [-0.15, -0.1) is 0 Å². The Morgan fingerprint density at radius 1 is 0.385 bits per heavy atom. The average Bonchev–Trinajstić information content (AvgIpc) is 2.66. The Kier molecular flexibility index (Phi) is 24.9. The Bertz CT molecular complexity index is 202. The zero-order valence-electron chi connectivity index (χ0n) is 18.4. The lowest BCUT2D eigenvalue weighted by atomic mass is 10.0. The van der Waals surface area contributed by atoms with Gasteiger partial charge in [0.2, 0.25) is 0 Å². The van der Waals surface area contributed by atoms with Crippen LogP contribution in [0.3, 0.4) is 0 Å². The van der Waals surface area contributed by atoms with E-state index in [4.69, 9.17) is 4.74 Å². The number of rotatable bonds is 23. The molecule has 0 saturated heterocycles. The minimum atomic E-state index is 0.832. The van der Waals surface area contributed by atoms with Gasteiger partial charge in [-0.25, -0.2) is 0 Å². The van der Waals surface area contributed by atoms with Gasteiger partial charge in [0.1, 0.15) is 0 Å². The van der Waals surface area contributed by atoms with Crippen LogP contribution in [-0.4, -0.2) is 6.61 Å². The summed E-state index contributed by atoms with van der Waals surface area (Å²) in [5.41, 5.74) is 0. The van der Waals surface area contributed by atoms with Gasteiger partial charge in [0, 0.05) is 6.61 Å². The van der Waals surface area contributed by atoms with Crippen molar-refractivity contribution in [2.45, 2.75) is 148 Å². The first-order chi connectivity index (χ1) is 12.9. The summed E-state index contributed by atoms with van der Waals surface area (Å²) in [6.07, 6.45) is 31.6. The third-order valence-electron chi connectivity index (χ3n) is 5.64. The van der Waals surface area contributed by atoms with Crippen molar-refractivity contribution in [1.82, 2.24) is 0 Å². The largest absolute Gasteiger partial charge is 0.379 e. The molecule has 1 heteroatoms. The molecule has 0 aromatic rings. The summed E-state index contributed by atoms with van der Waals surface area (Å²) >= 11 is 0. The molecular weight excluding hydrogens is 316 g/mol. The van der Waals surface area contributed by atoms with Crippen molar-refractivity contribution >= 4 is 0 Å². The Morgan fingerprint density at radius 2 is 0.615 bits per heavy atom. The molecule has 0 aliphatic carbocycles. The second kappa shape index (κ2) is 25.0. The predicted octanol–water partition coefficient (Wildman–Crippen LogP) is 9.40. The fourth-order valence-corrected chi connectivity index (χ4v) is 3.81. The van der Waals surface area contributed by atoms with Crippen LogP contribution in [0.25, 0.3) is 0 Å². The fraction of sp³-hybridized carbons (Fsp3) is 0.960. The van der Waals surface area contributed by atoms with Crippen LogP contribution in [0.4, 0.5) is 0 Å². The summed E-state index contributed by atoms with van der Waals surface area (Å²) in [6, 6.07) is 0. The van der Waals surface area contributed by atoms with E-state index >= 15 is 0 Å². The van der Waals surface area contributed by atoms with Crippen molar-refractivity contribution in [2.24, 2.45) is 0 Å². The van der Waals surface area contributed by atoms with Crippen LogP contribution in [0.2, 0.25) is 0 Å². The van der Waals surface area contributed by atoms with Gasteiger partial charge in [0.25, 0.3) is 0 Å². The van der Waals surface area contributed by atoms with Crippen molar-refractivity contribution in [3.63, 3.8) is 0 Å². The van der Waals surface area contributed by atoms with Crippen molar-refractivity contribution in [1.29, 1.82) is 0 Å². The third kappa shape index (κ3) is 24.0. The van der Waals surface area contributed by atoms with Gasteiger partial charge < -0.3 is 4.74 Å². The van der Waals surface area contributed by atoms with Crippen LogP contribution in [0.1, 0.15) is 148 Å². The number of hydrogen-bond donors (Lipinski definition) is 0. The normalized spacial score (nSPS) is 11.3. The second-order valence-electron chi connectivity index (χ2n) is 8.33. The molecule has 0 rings (SSSR count). The lowest BCUT2D eigenvalue weighted by Crippen LogP contribution is -1.87. The van der Waals surface area contributed by atoms with Crippen molar-refractivity contribution in [2.75, 3.05) is 6.61 Å². The van der Waals surface area contributed by atoms with Gasteiger partial charge in [-0.1, -0.05) is 142 Å². The standard InChI is InChI=1S/C25H51O/c1-3-4-5-6-7-8-9-10-11-12-13-14-15-16-17-18-19-20-21-22-23-24-25-26-2/h2-25H2,1H3. The van der Waals surface area contributed by atoms with Crippen LogP contribution in [0, 0.1) is 7.11 Å². The average molecular weight is 368 g/mol. The van der Waals surface area contributed by atoms with Crippen molar-refractivity contribution in [3.05, 3.63) is 7.11 Å². The maximum atomic E-state index is 4.84. The smallest absolute Gasteiger partial charge is 0.0700 e. The number of hydrogen-bond acceptors (Lipinski definition) is 1. The van der Waals surface area contributed by atoms with Crippen LogP contribution in [0.5, 0.6) is 0 Å². The van der Waals surface area contributed by atoms with Gasteiger partial charge in [-0.05, 0) is 6.42 Å². The number of ether oxygens (including phenoxy) is 1. The lowest BCUT2D eigenvalue weighted by molar-refractivity contribution is 0.233. The highest BCUT2D eigenvalue weighted by molar-refractivity contribution is 4.51. The Hall–Kier alpha value is -0.0400.